The minimum atomic E-state index is -4.44. The molecule has 7 heteroatoms. The summed E-state index contributed by atoms with van der Waals surface area (Å²) in [5.74, 6) is -0.390. The van der Waals surface area contributed by atoms with Gasteiger partial charge in [0.15, 0.2) is 0 Å². The van der Waals surface area contributed by atoms with E-state index in [-0.39, 0.29) is 17.8 Å². The Bertz CT molecular complexity index is 574. The van der Waals surface area contributed by atoms with Crippen molar-refractivity contribution in [3.63, 3.8) is 0 Å². The zero-order valence-corrected chi connectivity index (χ0v) is 13.6. The summed E-state index contributed by atoms with van der Waals surface area (Å²) < 4.78 is 40.0. The molecule has 1 heterocycles. The van der Waals surface area contributed by atoms with Gasteiger partial charge in [-0.2, -0.15) is 13.2 Å². The number of anilines is 1. The van der Waals surface area contributed by atoms with E-state index in [1.807, 2.05) is 11.9 Å². The molecule has 2 rings (SSSR count). The first-order chi connectivity index (χ1) is 10.7. The molecule has 0 radical (unpaired) electrons. The zero-order valence-electron chi connectivity index (χ0n) is 13.6. The number of halogens is 3. The largest absolute Gasteiger partial charge is 0.416 e. The van der Waals surface area contributed by atoms with Crippen LogP contribution in [0.3, 0.4) is 0 Å². The van der Waals surface area contributed by atoms with Gasteiger partial charge in [-0.25, -0.2) is 0 Å². The van der Waals surface area contributed by atoms with Gasteiger partial charge in [-0.15, -0.1) is 0 Å². The molecule has 1 N–H and O–H groups in total. The van der Waals surface area contributed by atoms with E-state index in [9.17, 15) is 18.0 Å². The van der Waals surface area contributed by atoms with Crippen molar-refractivity contribution in [2.24, 2.45) is 0 Å². The van der Waals surface area contributed by atoms with Crippen molar-refractivity contribution in [3.05, 3.63) is 29.3 Å². The summed E-state index contributed by atoms with van der Waals surface area (Å²) in [4.78, 5) is 15.3. The highest BCUT2D eigenvalue weighted by atomic mass is 19.4. The number of hydrogen-bond donors (Lipinski definition) is 1. The Morgan fingerprint density at radius 2 is 2.04 bits per heavy atom. The highest BCUT2D eigenvalue weighted by Crippen LogP contribution is 2.34. The normalized spacial score (nSPS) is 20.5. The first-order valence-electron chi connectivity index (χ1n) is 7.57. The highest BCUT2D eigenvalue weighted by Gasteiger charge is 2.34. The lowest BCUT2D eigenvalue weighted by atomic mass is 10.0. The van der Waals surface area contributed by atoms with Gasteiger partial charge in [0, 0.05) is 44.8 Å². The Morgan fingerprint density at radius 3 is 2.61 bits per heavy atom. The summed E-state index contributed by atoms with van der Waals surface area (Å²) in [5.41, 5.74) is -0.279. The second-order valence-electron chi connectivity index (χ2n) is 6.12. The quantitative estimate of drug-likeness (QED) is 0.926. The minimum absolute atomic E-state index is 0.167. The molecule has 0 saturated carbocycles. The van der Waals surface area contributed by atoms with Crippen molar-refractivity contribution in [1.82, 2.24) is 9.80 Å². The molecule has 1 amide bonds. The number of amides is 1. The predicted molar refractivity (Wildman–Crippen MR) is 83.1 cm³/mol. The highest BCUT2D eigenvalue weighted by molar-refractivity contribution is 5.88. The van der Waals surface area contributed by atoms with Crippen LogP contribution in [0.25, 0.3) is 0 Å². The van der Waals surface area contributed by atoms with Gasteiger partial charge in [-0.05, 0) is 31.7 Å². The van der Waals surface area contributed by atoms with Crippen LogP contribution < -0.4 is 5.32 Å². The van der Waals surface area contributed by atoms with Crippen LogP contribution in [0.4, 0.5) is 18.9 Å². The lowest BCUT2D eigenvalue weighted by Crippen LogP contribution is -2.49. The van der Waals surface area contributed by atoms with Crippen molar-refractivity contribution in [2.45, 2.75) is 32.6 Å². The number of alkyl halides is 3. The van der Waals surface area contributed by atoms with E-state index in [2.05, 4.69) is 17.1 Å². The fourth-order valence-corrected chi connectivity index (χ4v) is 2.77. The Hall–Kier alpha value is -1.60. The molecule has 128 valence electrons. The van der Waals surface area contributed by atoms with Crippen LogP contribution >= 0.6 is 0 Å². The smallest absolute Gasteiger partial charge is 0.326 e. The molecule has 23 heavy (non-hydrogen) atoms. The summed E-state index contributed by atoms with van der Waals surface area (Å²) in [6, 6.07) is 4.30. The average molecular weight is 329 g/mol. The number of carbonyl (C=O) groups excluding carboxylic acids is 1. The van der Waals surface area contributed by atoms with E-state index in [0.717, 1.165) is 25.7 Å². The Balaban J connectivity index is 2.22. The molecule has 1 aromatic rings. The lowest BCUT2D eigenvalue weighted by molar-refractivity contribution is -0.138. The standard InChI is InChI=1S/C16H22F3N3O/c1-11-9-22(7-6-21(11)3)10-13-4-5-14(20-12(2)23)8-15(13)16(17,18)19/h4-5,8,11H,6-7,9-10H2,1-3H3,(H,20,23). The molecule has 1 aliphatic heterocycles. The van der Waals surface area contributed by atoms with Crippen molar-refractivity contribution in [1.29, 1.82) is 0 Å². The lowest BCUT2D eigenvalue weighted by Gasteiger charge is -2.38. The van der Waals surface area contributed by atoms with Gasteiger partial charge in [-0.3, -0.25) is 9.69 Å². The predicted octanol–water partition coefficient (Wildman–Crippen LogP) is 2.80. The maximum atomic E-state index is 13.3. The van der Waals surface area contributed by atoms with Crippen molar-refractivity contribution in [2.75, 3.05) is 32.0 Å². The first-order valence-corrected chi connectivity index (χ1v) is 7.57. The van der Waals surface area contributed by atoms with Crippen LogP contribution in [0, 0.1) is 0 Å². The molecule has 0 aliphatic carbocycles. The van der Waals surface area contributed by atoms with Crippen LogP contribution in [0.15, 0.2) is 18.2 Å². The molecule has 1 fully saturated rings. The van der Waals surface area contributed by atoms with Gasteiger partial charge < -0.3 is 10.2 Å². The molecule has 1 aromatic carbocycles. The van der Waals surface area contributed by atoms with E-state index in [0.29, 0.717) is 6.04 Å². The SMILES string of the molecule is CC(=O)Nc1ccc(CN2CCN(C)C(C)C2)c(C(F)(F)F)c1. The number of rotatable bonds is 3. The zero-order chi connectivity index (χ0) is 17.2. The Kier molecular flexibility index (Phi) is 5.31. The number of nitrogens with one attached hydrogen (secondary N) is 1. The first kappa shape index (κ1) is 17.7. The average Bonchev–Trinajstić information content (AvgIpc) is 2.43. The molecule has 1 unspecified atom stereocenters. The number of hydrogen-bond acceptors (Lipinski definition) is 3. The second-order valence-corrected chi connectivity index (χ2v) is 6.12. The molecule has 0 spiro atoms. The number of piperazine rings is 1. The topological polar surface area (TPSA) is 35.6 Å². The Labute approximate surface area is 134 Å². The van der Waals surface area contributed by atoms with Gasteiger partial charge in [0.1, 0.15) is 0 Å². The van der Waals surface area contributed by atoms with E-state index < -0.39 is 17.6 Å². The molecule has 1 atom stereocenters. The van der Waals surface area contributed by atoms with Crippen LogP contribution in [-0.2, 0) is 17.5 Å². The fourth-order valence-electron chi connectivity index (χ4n) is 2.77. The molecule has 1 aliphatic rings. The van der Waals surface area contributed by atoms with E-state index in [1.54, 1.807) is 0 Å². The van der Waals surface area contributed by atoms with Gasteiger partial charge in [0.2, 0.25) is 5.91 Å². The van der Waals surface area contributed by atoms with E-state index in [4.69, 9.17) is 0 Å². The third-order valence-electron chi connectivity index (χ3n) is 4.17. The third kappa shape index (κ3) is 4.68. The third-order valence-corrected chi connectivity index (χ3v) is 4.17. The summed E-state index contributed by atoms with van der Waals surface area (Å²) in [7, 11) is 2.02. The molecular weight excluding hydrogens is 307 g/mol. The van der Waals surface area contributed by atoms with Crippen LogP contribution in [0.5, 0.6) is 0 Å². The van der Waals surface area contributed by atoms with Crippen molar-refractivity contribution < 1.29 is 18.0 Å². The number of nitrogens with zero attached hydrogens (tertiary/aromatic N) is 2. The van der Waals surface area contributed by atoms with Gasteiger partial charge in [-0.1, -0.05) is 6.07 Å². The number of likely N-dealkylation sites (N-methyl/N-ethyl adjacent to an activating group) is 1. The van der Waals surface area contributed by atoms with E-state index in [1.165, 1.54) is 19.1 Å². The number of carbonyl (C=O) groups is 1. The summed E-state index contributed by atoms with van der Waals surface area (Å²) in [5, 5.41) is 2.40. The molecule has 0 bridgehead atoms. The maximum absolute atomic E-state index is 13.3. The second kappa shape index (κ2) is 6.88. The Morgan fingerprint density at radius 1 is 1.35 bits per heavy atom. The molecule has 4 nitrogen and oxygen atoms in total. The minimum Gasteiger partial charge on any atom is -0.326 e. The van der Waals surface area contributed by atoms with Gasteiger partial charge in [0.05, 0.1) is 5.56 Å². The van der Waals surface area contributed by atoms with Crippen LogP contribution in [0.2, 0.25) is 0 Å². The summed E-state index contributed by atoms with van der Waals surface area (Å²) in [6.45, 7) is 5.91. The number of benzene rings is 1. The van der Waals surface area contributed by atoms with Crippen LogP contribution in [0.1, 0.15) is 25.0 Å². The maximum Gasteiger partial charge on any atom is 0.416 e. The molecular formula is C16H22F3N3O. The summed E-state index contributed by atoms with van der Waals surface area (Å²) in [6.07, 6.45) is -4.44. The van der Waals surface area contributed by atoms with Gasteiger partial charge in [0.25, 0.3) is 0 Å². The molecule has 0 aromatic heterocycles. The summed E-state index contributed by atoms with van der Waals surface area (Å²) >= 11 is 0. The fraction of sp³-hybridized carbons (Fsp3) is 0.562. The van der Waals surface area contributed by atoms with Crippen molar-refractivity contribution >= 4 is 11.6 Å². The van der Waals surface area contributed by atoms with Crippen LogP contribution in [-0.4, -0.2) is 48.4 Å². The van der Waals surface area contributed by atoms with Crippen molar-refractivity contribution in [3.8, 4) is 0 Å². The monoisotopic (exact) mass is 329 g/mol. The van der Waals surface area contributed by atoms with E-state index >= 15 is 0 Å². The van der Waals surface area contributed by atoms with Gasteiger partial charge >= 0.3 is 6.18 Å². The molecule has 1 saturated heterocycles.